The molecule has 1 N–H and O–H groups in total. The lowest BCUT2D eigenvalue weighted by atomic mass is 10.2. The van der Waals surface area contributed by atoms with Crippen LogP contribution in [-0.4, -0.2) is 24.5 Å². The fourth-order valence-corrected chi connectivity index (χ4v) is 1.48. The summed E-state index contributed by atoms with van der Waals surface area (Å²) in [6, 6.07) is 6.24. The van der Waals surface area contributed by atoms with Gasteiger partial charge in [0.1, 0.15) is 11.2 Å². The molecule has 0 bridgehead atoms. The number of esters is 1. The number of ether oxygens (including phenoxy) is 1. The zero-order valence-electron chi connectivity index (χ0n) is 9.58. The van der Waals surface area contributed by atoms with Crippen molar-refractivity contribution in [3.63, 3.8) is 0 Å². The monoisotopic (exact) mass is 259 g/mol. The number of hydrogen-bond donors (Lipinski definition) is 1. The fraction of sp³-hybridized carbons (Fsp3) is 0.417. The maximum Gasteiger partial charge on any atom is 0.325 e. The minimum atomic E-state index is -0.719. The van der Waals surface area contributed by atoms with E-state index < -0.39 is 11.3 Å². The minimum Gasteiger partial charge on any atom is -0.465 e. The van der Waals surface area contributed by atoms with Gasteiger partial charge in [-0.2, -0.15) is 0 Å². The predicted octanol–water partition coefficient (Wildman–Crippen LogP) is 2.09. The van der Waals surface area contributed by atoms with Crippen molar-refractivity contribution in [2.24, 2.45) is 0 Å². The van der Waals surface area contributed by atoms with Crippen LogP contribution in [0.2, 0.25) is 0 Å². The minimum absolute atomic E-state index is 0.280. The molecule has 0 aromatic heterocycles. The molecule has 0 aliphatic carbocycles. The summed E-state index contributed by atoms with van der Waals surface area (Å²) in [4.78, 5) is 11.2. The van der Waals surface area contributed by atoms with Crippen molar-refractivity contribution in [3.05, 3.63) is 35.6 Å². The molecule has 1 unspecified atom stereocenters. The van der Waals surface area contributed by atoms with Gasteiger partial charge in [-0.15, -0.1) is 11.6 Å². The summed E-state index contributed by atoms with van der Waals surface area (Å²) >= 11 is 5.80. The lowest BCUT2D eigenvalue weighted by Crippen LogP contribution is -2.30. The zero-order valence-corrected chi connectivity index (χ0v) is 10.3. The van der Waals surface area contributed by atoms with Crippen LogP contribution in [0, 0.1) is 5.82 Å². The van der Waals surface area contributed by atoms with E-state index in [1.807, 2.05) is 0 Å². The molecule has 17 heavy (non-hydrogen) atoms. The SMILES string of the molecule is CCOC(=O)C(Cl)CNCc1cccc(F)c1. The van der Waals surface area contributed by atoms with E-state index in [-0.39, 0.29) is 12.4 Å². The maximum atomic E-state index is 12.9. The number of alkyl halides is 1. The van der Waals surface area contributed by atoms with Crippen LogP contribution in [0.15, 0.2) is 24.3 Å². The number of rotatable bonds is 6. The van der Waals surface area contributed by atoms with Crippen molar-refractivity contribution in [2.45, 2.75) is 18.8 Å². The molecule has 0 aliphatic rings. The van der Waals surface area contributed by atoms with Gasteiger partial charge in [-0.3, -0.25) is 4.79 Å². The van der Waals surface area contributed by atoms with E-state index in [4.69, 9.17) is 16.3 Å². The highest BCUT2D eigenvalue weighted by atomic mass is 35.5. The standard InChI is InChI=1S/C12H15ClFNO2/c1-2-17-12(16)11(13)8-15-7-9-4-3-5-10(14)6-9/h3-6,11,15H,2,7-8H2,1H3. The Kier molecular flexibility index (Phi) is 5.94. The molecule has 0 spiro atoms. The first-order chi connectivity index (χ1) is 8.13. The third-order valence-electron chi connectivity index (χ3n) is 2.08. The summed E-state index contributed by atoms with van der Waals surface area (Å²) in [7, 11) is 0. The molecule has 1 atom stereocenters. The van der Waals surface area contributed by atoms with Crippen molar-refractivity contribution in [1.29, 1.82) is 0 Å². The molecule has 5 heteroatoms. The van der Waals surface area contributed by atoms with Crippen molar-refractivity contribution in [3.8, 4) is 0 Å². The summed E-state index contributed by atoms with van der Waals surface area (Å²) in [6.07, 6.45) is 0. The molecular weight excluding hydrogens is 245 g/mol. The second-order valence-electron chi connectivity index (χ2n) is 3.48. The van der Waals surface area contributed by atoms with Gasteiger partial charge in [0, 0.05) is 13.1 Å². The molecule has 0 fully saturated rings. The smallest absolute Gasteiger partial charge is 0.325 e. The Morgan fingerprint density at radius 3 is 3.00 bits per heavy atom. The molecule has 1 rings (SSSR count). The van der Waals surface area contributed by atoms with Crippen LogP contribution < -0.4 is 5.32 Å². The van der Waals surface area contributed by atoms with E-state index in [2.05, 4.69) is 5.32 Å². The van der Waals surface area contributed by atoms with Gasteiger partial charge < -0.3 is 10.1 Å². The Balaban J connectivity index is 2.30. The second-order valence-corrected chi connectivity index (χ2v) is 4.01. The quantitative estimate of drug-likeness (QED) is 0.628. The molecule has 0 aliphatic heterocycles. The van der Waals surface area contributed by atoms with Crippen LogP contribution in [0.1, 0.15) is 12.5 Å². The zero-order chi connectivity index (χ0) is 12.7. The van der Waals surface area contributed by atoms with Gasteiger partial charge in [0.2, 0.25) is 0 Å². The first-order valence-corrected chi connectivity index (χ1v) is 5.83. The van der Waals surface area contributed by atoms with Gasteiger partial charge in [-0.1, -0.05) is 12.1 Å². The third kappa shape index (κ3) is 5.15. The van der Waals surface area contributed by atoms with Gasteiger partial charge in [0.25, 0.3) is 0 Å². The van der Waals surface area contributed by atoms with E-state index in [0.29, 0.717) is 13.2 Å². The first-order valence-electron chi connectivity index (χ1n) is 5.39. The number of hydrogen-bond acceptors (Lipinski definition) is 3. The topological polar surface area (TPSA) is 38.3 Å². The van der Waals surface area contributed by atoms with E-state index in [9.17, 15) is 9.18 Å². The first kappa shape index (κ1) is 13.9. The van der Waals surface area contributed by atoms with E-state index >= 15 is 0 Å². The largest absolute Gasteiger partial charge is 0.465 e. The summed E-state index contributed by atoms with van der Waals surface area (Å²) in [5, 5.41) is 2.25. The second kappa shape index (κ2) is 7.25. The maximum absolute atomic E-state index is 12.9. The highest BCUT2D eigenvalue weighted by Gasteiger charge is 2.15. The number of halogens is 2. The fourth-order valence-electron chi connectivity index (χ4n) is 1.31. The van der Waals surface area contributed by atoms with Crippen LogP contribution in [0.5, 0.6) is 0 Å². The Morgan fingerprint density at radius 1 is 1.59 bits per heavy atom. The van der Waals surface area contributed by atoms with Gasteiger partial charge in [-0.05, 0) is 24.6 Å². The van der Waals surface area contributed by atoms with Crippen molar-refractivity contribution >= 4 is 17.6 Å². The highest BCUT2D eigenvalue weighted by Crippen LogP contribution is 2.03. The highest BCUT2D eigenvalue weighted by molar-refractivity contribution is 6.30. The molecule has 3 nitrogen and oxygen atoms in total. The number of carbonyl (C=O) groups excluding carboxylic acids is 1. The van der Waals surface area contributed by atoms with Crippen molar-refractivity contribution in [1.82, 2.24) is 5.32 Å². The third-order valence-corrected chi connectivity index (χ3v) is 2.42. The molecule has 1 aromatic rings. The van der Waals surface area contributed by atoms with E-state index in [0.717, 1.165) is 5.56 Å². The van der Waals surface area contributed by atoms with Crippen LogP contribution in [-0.2, 0) is 16.1 Å². The van der Waals surface area contributed by atoms with E-state index in [1.165, 1.54) is 12.1 Å². The van der Waals surface area contributed by atoms with Crippen molar-refractivity contribution in [2.75, 3.05) is 13.2 Å². The summed E-state index contributed by atoms with van der Waals surface area (Å²) < 4.78 is 17.6. The van der Waals surface area contributed by atoms with Gasteiger partial charge in [0.15, 0.2) is 0 Å². The normalized spacial score (nSPS) is 12.2. The number of nitrogens with one attached hydrogen (secondary N) is 1. The average Bonchev–Trinajstić information content (AvgIpc) is 2.29. The summed E-state index contributed by atoms with van der Waals surface area (Å²) in [5.74, 6) is -0.724. The Bertz CT molecular complexity index is 373. The molecule has 0 heterocycles. The van der Waals surface area contributed by atoms with Crippen LogP contribution >= 0.6 is 11.6 Å². The average molecular weight is 260 g/mol. The van der Waals surface area contributed by atoms with Gasteiger partial charge >= 0.3 is 5.97 Å². The molecular formula is C12H15ClFNO2. The molecule has 1 aromatic carbocycles. The van der Waals surface area contributed by atoms with Crippen LogP contribution in [0.3, 0.4) is 0 Å². The number of benzene rings is 1. The molecule has 0 amide bonds. The predicted molar refractivity (Wildman–Crippen MR) is 64.4 cm³/mol. The lowest BCUT2D eigenvalue weighted by molar-refractivity contribution is -0.142. The van der Waals surface area contributed by atoms with Crippen LogP contribution in [0.25, 0.3) is 0 Å². The molecule has 0 saturated heterocycles. The van der Waals surface area contributed by atoms with Crippen molar-refractivity contribution < 1.29 is 13.9 Å². The number of carbonyl (C=O) groups is 1. The molecule has 0 saturated carbocycles. The summed E-state index contributed by atoms with van der Waals surface area (Å²) in [6.45, 7) is 2.78. The van der Waals surface area contributed by atoms with E-state index in [1.54, 1.807) is 19.1 Å². The Labute approximate surface area is 105 Å². The lowest BCUT2D eigenvalue weighted by Gasteiger charge is -2.09. The summed E-state index contributed by atoms with van der Waals surface area (Å²) in [5.41, 5.74) is 0.803. The Hall–Kier alpha value is -1.13. The van der Waals surface area contributed by atoms with Gasteiger partial charge in [-0.25, -0.2) is 4.39 Å². The Morgan fingerprint density at radius 2 is 2.35 bits per heavy atom. The van der Waals surface area contributed by atoms with Gasteiger partial charge in [0.05, 0.1) is 6.61 Å². The van der Waals surface area contributed by atoms with Crippen LogP contribution in [0.4, 0.5) is 4.39 Å². The molecule has 94 valence electrons. The molecule has 0 radical (unpaired) electrons.